The van der Waals surface area contributed by atoms with Crippen LogP contribution < -0.4 is 10.5 Å². The van der Waals surface area contributed by atoms with E-state index in [1.165, 1.54) is 11.3 Å². The Morgan fingerprint density at radius 2 is 2.00 bits per heavy atom. The lowest BCUT2D eigenvalue weighted by Gasteiger charge is -2.24. The van der Waals surface area contributed by atoms with Gasteiger partial charge in [-0.15, -0.1) is 11.3 Å². The predicted octanol–water partition coefficient (Wildman–Crippen LogP) is 4.17. The predicted molar refractivity (Wildman–Crippen MR) is 95.9 cm³/mol. The zero-order valence-electron chi connectivity index (χ0n) is 12.4. The average Bonchev–Trinajstić information content (AvgIpc) is 2.84. The van der Waals surface area contributed by atoms with E-state index in [1.807, 2.05) is 26.8 Å². The van der Waals surface area contributed by atoms with Crippen molar-refractivity contribution in [1.29, 1.82) is 0 Å². The third kappa shape index (κ3) is 4.20. The van der Waals surface area contributed by atoms with Gasteiger partial charge in [-0.3, -0.25) is 0 Å². The SMILES string of the molecule is CC(C)(C)[S@](=O)N[C@@H](c1ccc(Cl)c(Cl)c1)c1cnc(N)s1. The van der Waals surface area contributed by atoms with Crippen LogP contribution in [0.1, 0.15) is 37.3 Å². The van der Waals surface area contributed by atoms with Gasteiger partial charge in [-0.25, -0.2) is 13.9 Å². The highest BCUT2D eigenvalue weighted by Gasteiger charge is 2.26. The molecule has 1 aromatic carbocycles. The van der Waals surface area contributed by atoms with Gasteiger partial charge in [0.1, 0.15) is 0 Å². The van der Waals surface area contributed by atoms with Gasteiger partial charge in [-0.05, 0) is 38.5 Å². The van der Waals surface area contributed by atoms with Crippen molar-refractivity contribution in [2.24, 2.45) is 0 Å². The normalized spacial score (nSPS) is 14.8. The van der Waals surface area contributed by atoms with E-state index in [2.05, 4.69) is 9.71 Å². The molecular weight excluding hydrogens is 361 g/mol. The molecule has 3 N–H and O–H groups in total. The lowest BCUT2D eigenvalue weighted by atomic mass is 10.1. The van der Waals surface area contributed by atoms with Crippen LogP contribution in [0.25, 0.3) is 0 Å². The first kappa shape index (κ1) is 17.7. The van der Waals surface area contributed by atoms with E-state index in [-0.39, 0.29) is 6.04 Å². The quantitative estimate of drug-likeness (QED) is 0.839. The fourth-order valence-electron chi connectivity index (χ4n) is 1.70. The minimum Gasteiger partial charge on any atom is -0.375 e. The second kappa shape index (κ2) is 6.84. The van der Waals surface area contributed by atoms with Crippen molar-refractivity contribution in [3.63, 3.8) is 0 Å². The van der Waals surface area contributed by atoms with Crippen molar-refractivity contribution in [1.82, 2.24) is 9.71 Å². The highest BCUT2D eigenvalue weighted by Crippen LogP contribution is 2.32. The van der Waals surface area contributed by atoms with Gasteiger partial charge in [0.25, 0.3) is 0 Å². The van der Waals surface area contributed by atoms with Gasteiger partial charge in [0.05, 0.1) is 31.8 Å². The minimum absolute atomic E-state index is 0.315. The number of rotatable bonds is 4. The first-order valence-corrected chi connectivity index (χ1v) is 9.25. The van der Waals surface area contributed by atoms with Crippen LogP contribution in [0.5, 0.6) is 0 Å². The number of anilines is 1. The number of nitrogens with one attached hydrogen (secondary N) is 1. The summed E-state index contributed by atoms with van der Waals surface area (Å²) in [6.07, 6.45) is 1.68. The maximum atomic E-state index is 12.5. The molecule has 1 heterocycles. The van der Waals surface area contributed by atoms with Crippen LogP contribution in [0.2, 0.25) is 10.0 Å². The van der Waals surface area contributed by atoms with Crippen molar-refractivity contribution < 1.29 is 4.21 Å². The summed E-state index contributed by atoms with van der Waals surface area (Å²) in [5.41, 5.74) is 6.58. The molecule has 0 aliphatic carbocycles. The van der Waals surface area contributed by atoms with Gasteiger partial charge < -0.3 is 5.73 Å². The van der Waals surface area contributed by atoms with Crippen LogP contribution in [0.15, 0.2) is 24.4 Å². The van der Waals surface area contributed by atoms with E-state index >= 15 is 0 Å². The first-order valence-electron chi connectivity index (χ1n) is 6.52. The molecule has 22 heavy (non-hydrogen) atoms. The Morgan fingerprint density at radius 3 is 2.50 bits per heavy atom. The van der Waals surface area contributed by atoms with Crippen molar-refractivity contribution in [3.8, 4) is 0 Å². The smallest absolute Gasteiger partial charge is 0.180 e. The van der Waals surface area contributed by atoms with Gasteiger partial charge in [-0.1, -0.05) is 29.3 Å². The summed E-state index contributed by atoms with van der Waals surface area (Å²) in [4.78, 5) is 4.94. The van der Waals surface area contributed by atoms with Crippen LogP contribution in [-0.4, -0.2) is 13.9 Å². The number of aromatic nitrogens is 1. The molecule has 0 saturated heterocycles. The molecule has 0 bridgehead atoms. The minimum atomic E-state index is -1.26. The summed E-state index contributed by atoms with van der Waals surface area (Å²) in [6, 6.07) is 5.02. The van der Waals surface area contributed by atoms with E-state index in [0.717, 1.165) is 10.4 Å². The van der Waals surface area contributed by atoms with E-state index in [0.29, 0.717) is 15.2 Å². The molecule has 120 valence electrons. The van der Waals surface area contributed by atoms with Gasteiger partial charge in [0.2, 0.25) is 0 Å². The molecular formula is C14H17Cl2N3OS2. The zero-order valence-corrected chi connectivity index (χ0v) is 15.5. The molecule has 1 aromatic heterocycles. The molecule has 2 aromatic rings. The van der Waals surface area contributed by atoms with Crippen molar-refractivity contribution >= 4 is 50.7 Å². The third-order valence-corrected chi connectivity index (χ3v) is 6.08. The Morgan fingerprint density at radius 1 is 1.32 bits per heavy atom. The van der Waals surface area contributed by atoms with E-state index in [4.69, 9.17) is 28.9 Å². The molecule has 0 unspecified atom stereocenters. The van der Waals surface area contributed by atoms with Crippen LogP contribution >= 0.6 is 34.5 Å². The van der Waals surface area contributed by atoms with E-state index < -0.39 is 15.7 Å². The van der Waals surface area contributed by atoms with E-state index in [9.17, 15) is 4.21 Å². The number of halogens is 2. The van der Waals surface area contributed by atoms with Gasteiger partial charge in [-0.2, -0.15) is 0 Å². The molecule has 0 amide bonds. The summed E-state index contributed by atoms with van der Waals surface area (Å²) in [5.74, 6) is 0. The van der Waals surface area contributed by atoms with Crippen molar-refractivity contribution in [3.05, 3.63) is 44.9 Å². The summed E-state index contributed by atoms with van der Waals surface area (Å²) < 4.78 is 15.2. The molecule has 0 spiro atoms. The fourth-order valence-corrected chi connectivity index (χ4v) is 3.68. The Labute approximate surface area is 146 Å². The topological polar surface area (TPSA) is 68.0 Å². The molecule has 0 fully saturated rings. The Balaban J connectivity index is 2.41. The largest absolute Gasteiger partial charge is 0.375 e. The van der Waals surface area contributed by atoms with Gasteiger partial charge in [0.15, 0.2) is 5.13 Å². The Bertz CT molecular complexity index is 698. The zero-order chi connectivity index (χ0) is 16.5. The van der Waals surface area contributed by atoms with Crippen LogP contribution in [0.4, 0.5) is 5.13 Å². The molecule has 0 saturated carbocycles. The first-order chi connectivity index (χ1) is 10.2. The summed E-state index contributed by atoms with van der Waals surface area (Å²) in [5, 5.41) is 1.39. The maximum absolute atomic E-state index is 12.5. The molecule has 2 rings (SSSR count). The van der Waals surface area contributed by atoms with Gasteiger partial charge >= 0.3 is 0 Å². The second-order valence-corrected chi connectivity index (χ2v) is 9.61. The summed E-state index contributed by atoms with van der Waals surface area (Å²) in [7, 11) is -1.26. The lowest BCUT2D eigenvalue weighted by Crippen LogP contribution is -2.36. The molecule has 4 nitrogen and oxygen atoms in total. The van der Waals surface area contributed by atoms with Crippen LogP contribution in [0, 0.1) is 0 Å². The van der Waals surface area contributed by atoms with Gasteiger partial charge in [0, 0.05) is 11.1 Å². The average molecular weight is 378 g/mol. The maximum Gasteiger partial charge on any atom is 0.180 e. The Hall–Kier alpha value is -0.660. The molecule has 0 radical (unpaired) electrons. The fraction of sp³-hybridized carbons (Fsp3) is 0.357. The standard InChI is InChI=1S/C14H17Cl2N3OS2/c1-14(2,3)22(20)19-12(11-7-18-13(17)21-11)8-4-5-9(15)10(16)6-8/h4-7,12,19H,1-3H3,(H2,17,18)/t12-,22-/m0/s1. The number of hydrogen-bond donors (Lipinski definition) is 2. The van der Waals surface area contributed by atoms with Crippen molar-refractivity contribution in [2.75, 3.05) is 5.73 Å². The number of nitrogen functional groups attached to an aromatic ring is 1. The van der Waals surface area contributed by atoms with Crippen LogP contribution in [-0.2, 0) is 11.0 Å². The van der Waals surface area contributed by atoms with Crippen molar-refractivity contribution in [2.45, 2.75) is 31.6 Å². The molecule has 0 aliphatic rings. The lowest BCUT2D eigenvalue weighted by molar-refractivity contribution is 0.625. The Kier molecular flexibility index (Phi) is 5.50. The number of thiazole rings is 1. The highest BCUT2D eigenvalue weighted by molar-refractivity contribution is 7.84. The summed E-state index contributed by atoms with van der Waals surface area (Å²) >= 11 is 13.4. The number of benzene rings is 1. The highest BCUT2D eigenvalue weighted by atomic mass is 35.5. The van der Waals surface area contributed by atoms with E-state index in [1.54, 1.807) is 18.3 Å². The molecule has 0 aliphatic heterocycles. The van der Waals surface area contributed by atoms with Crippen LogP contribution in [0.3, 0.4) is 0 Å². The number of hydrogen-bond acceptors (Lipinski definition) is 4. The third-order valence-electron chi connectivity index (χ3n) is 2.88. The number of nitrogens with zero attached hydrogens (tertiary/aromatic N) is 1. The monoisotopic (exact) mass is 377 g/mol. The molecule has 8 heteroatoms. The molecule has 2 atom stereocenters. The summed E-state index contributed by atoms with van der Waals surface area (Å²) in [6.45, 7) is 5.72. The second-order valence-electron chi connectivity index (χ2n) is 5.71. The number of nitrogens with two attached hydrogens (primary N) is 1.